The van der Waals surface area contributed by atoms with Crippen LogP contribution in [0.2, 0.25) is 0 Å². The topological polar surface area (TPSA) is 54.5 Å². The van der Waals surface area contributed by atoms with Gasteiger partial charge in [-0.15, -0.1) is 17.8 Å². The van der Waals surface area contributed by atoms with Gasteiger partial charge in [0.1, 0.15) is 0 Å². The second-order valence-electron chi connectivity index (χ2n) is 8.70. The first-order valence-corrected chi connectivity index (χ1v) is 13.2. The fourth-order valence-electron chi connectivity index (χ4n) is 4.10. The first-order valence-electron chi connectivity index (χ1n) is 11.8. The van der Waals surface area contributed by atoms with Crippen LogP contribution in [-0.2, 0) is 32.4 Å². The van der Waals surface area contributed by atoms with Crippen molar-refractivity contribution < 1.29 is 35.6 Å². The van der Waals surface area contributed by atoms with Crippen molar-refractivity contribution in [3.8, 4) is 0 Å². The number of rotatable bonds is 10. The molecule has 4 aromatic carbocycles. The minimum absolute atomic E-state index is 0. The largest absolute Gasteiger partial charge is 1.00 e. The summed E-state index contributed by atoms with van der Waals surface area (Å²) in [5, 5.41) is 0. The van der Waals surface area contributed by atoms with Crippen LogP contribution in [0.1, 0.15) is 39.4 Å². The van der Waals surface area contributed by atoms with Gasteiger partial charge in [-0.05, 0) is 24.6 Å². The molecule has 0 fully saturated rings. The quantitative estimate of drug-likeness (QED) is 0.118. The Bertz CT molecular complexity index is 1420. The summed E-state index contributed by atoms with van der Waals surface area (Å²) < 4.78 is 29.1. The van der Waals surface area contributed by atoms with E-state index in [-0.39, 0.29) is 51.7 Å². The minimum atomic E-state index is -4.01. The Morgan fingerprint density at radius 3 is 1.78 bits per heavy atom. The normalized spacial score (nSPS) is 11.7. The molecule has 6 heteroatoms. The van der Waals surface area contributed by atoms with Crippen molar-refractivity contribution in [1.29, 1.82) is 0 Å². The smallest absolute Gasteiger partial charge is 0.302 e. The van der Waals surface area contributed by atoms with Crippen molar-refractivity contribution in [3.63, 3.8) is 0 Å². The van der Waals surface area contributed by atoms with Crippen LogP contribution in [0, 0.1) is 13.5 Å². The summed E-state index contributed by atoms with van der Waals surface area (Å²) >= 11 is 0. The van der Waals surface area contributed by atoms with E-state index >= 15 is 0 Å². The number of benzene rings is 4. The van der Waals surface area contributed by atoms with Crippen LogP contribution in [0.3, 0.4) is 0 Å². The van der Waals surface area contributed by atoms with Gasteiger partial charge in [0.15, 0.2) is 5.78 Å². The summed E-state index contributed by atoms with van der Waals surface area (Å²) in [5.41, 5.74) is 3.12. The molecule has 0 saturated heterocycles. The molecule has 4 aromatic rings. The van der Waals surface area contributed by atoms with Crippen LogP contribution < -0.4 is 0 Å². The minimum Gasteiger partial charge on any atom is -0.302 e. The van der Waals surface area contributed by atoms with Gasteiger partial charge < -0.3 is 4.31 Å². The van der Waals surface area contributed by atoms with Crippen molar-refractivity contribution in [1.82, 2.24) is 4.31 Å². The SMILES string of the molecule is [Ag+].[CH-]=C(c1ccccc1)N(CC(CC(=O)c1ccccc1)c1ccccc1)S(=O)(=O)c1ccc(C)cc1. The zero-order valence-corrected chi connectivity index (χ0v) is 22.7. The summed E-state index contributed by atoms with van der Waals surface area (Å²) in [6.45, 7) is 8.45. The summed E-state index contributed by atoms with van der Waals surface area (Å²) in [5.74, 6) is -0.475. The standard InChI is InChI=1S/C31H28NO3S.Ag/c1-24-18-20-30(21-19-24)36(34,35)32(25(2)26-12-6-3-7-13-26)23-29(27-14-8-4-9-15-27)22-31(33)28-16-10-5-11-17-28;/h2-21,29H,22-23H2,1H3;/q-1;+1. The first-order chi connectivity index (χ1) is 17.4. The van der Waals surface area contributed by atoms with Crippen molar-refractivity contribution in [2.75, 3.05) is 6.54 Å². The molecule has 37 heavy (non-hydrogen) atoms. The molecule has 0 saturated carbocycles. The average Bonchev–Trinajstić information content (AvgIpc) is 2.92. The maximum atomic E-state index is 13.9. The fourth-order valence-corrected chi connectivity index (χ4v) is 5.57. The molecule has 0 aliphatic heterocycles. The van der Waals surface area contributed by atoms with Gasteiger partial charge in [-0.2, -0.15) is 5.56 Å². The van der Waals surface area contributed by atoms with E-state index in [2.05, 4.69) is 0 Å². The molecule has 0 aromatic heterocycles. The Balaban J connectivity index is 0.00000380. The van der Waals surface area contributed by atoms with Gasteiger partial charge in [-0.25, -0.2) is 8.42 Å². The molecule has 0 radical (unpaired) electrons. The molecule has 0 spiro atoms. The van der Waals surface area contributed by atoms with E-state index in [9.17, 15) is 13.2 Å². The molecule has 0 N–H and O–H groups in total. The molecule has 1 atom stereocenters. The zero-order valence-electron chi connectivity index (χ0n) is 20.4. The third kappa shape index (κ3) is 6.96. The molecular weight excluding hydrogens is 574 g/mol. The number of hydrogen-bond acceptors (Lipinski definition) is 3. The third-order valence-electron chi connectivity index (χ3n) is 6.13. The van der Waals surface area contributed by atoms with Gasteiger partial charge in [0.05, 0.1) is 4.90 Å². The van der Waals surface area contributed by atoms with E-state index in [1.165, 1.54) is 4.31 Å². The van der Waals surface area contributed by atoms with Crippen LogP contribution in [0.15, 0.2) is 120 Å². The second kappa shape index (κ2) is 12.8. The Morgan fingerprint density at radius 2 is 1.24 bits per heavy atom. The van der Waals surface area contributed by atoms with E-state index in [1.54, 1.807) is 48.5 Å². The molecule has 0 aliphatic rings. The molecule has 1 unspecified atom stereocenters. The number of hydrogen-bond donors (Lipinski definition) is 0. The summed E-state index contributed by atoms with van der Waals surface area (Å²) in [6, 6.07) is 34.3. The molecule has 0 aliphatic carbocycles. The van der Waals surface area contributed by atoms with Crippen molar-refractivity contribution in [2.45, 2.75) is 24.2 Å². The number of aryl methyl sites for hydroxylation is 1. The predicted octanol–water partition coefficient (Wildman–Crippen LogP) is 6.51. The van der Waals surface area contributed by atoms with Gasteiger partial charge in [0, 0.05) is 24.4 Å². The Morgan fingerprint density at radius 1 is 0.757 bits per heavy atom. The number of sulfonamides is 1. The predicted molar refractivity (Wildman–Crippen MR) is 144 cm³/mol. The Kier molecular flexibility index (Phi) is 9.84. The fraction of sp³-hybridized carbons (Fsp3) is 0.129. The maximum absolute atomic E-state index is 13.9. The molecular formula is C31H28AgNO3S. The number of Topliss-reactive ketones (excluding diaryl/α,β-unsaturated/α-hetero) is 1. The van der Waals surface area contributed by atoms with Gasteiger partial charge in [-0.3, -0.25) is 11.4 Å². The maximum Gasteiger partial charge on any atom is 1.00 e. The van der Waals surface area contributed by atoms with Gasteiger partial charge in [-0.1, -0.05) is 96.6 Å². The van der Waals surface area contributed by atoms with Crippen molar-refractivity contribution in [3.05, 3.63) is 144 Å². The average molecular weight is 603 g/mol. The van der Waals surface area contributed by atoms with Gasteiger partial charge in [0.2, 0.25) is 0 Å². The van der Waals surface area contributed by atoms with Crippen LogP contribution in [0.4, 0.5) is 0 Å². The number of carbonyl (C=O) groups excluding carboxylic acids is 1. The van der Waals surface area contributed by atoms with Crippen LogP contribution in [0.5, 0.6) is 0 Å². The second-order valence-corrected chi connectivity index (χ2v) is 10.6. The molecule has 0 amide bonds. The zero-order chi connectivity index (χ0) is 25.5. The van der Waals surface area contributed by atoms with Crippen LogP contribution >= 0.6 is 0 Å². The summed E-state index contributed by atoms with van der Waals surface area (Å²) in [6.07, 6.45) is 0.135. The van der Waals surface area contributed by atoms with E-state index in [4.69, 9.17) is 6.58 Å². The third-order valence-corrected chi connectivity index (χ3v) is 7.93. The molecule has 4 rings (SSSR count). The summed E-state index contributed by atoms with van der Waals surface area (Å²) in [4.78, 5) is 13.3. The van der Waals surface area contributed by atoms with Gasteiger partial charge >= 0.3 is 22.4 Å². The molecule has 4 nitrogen and oxygen atoms in total. The van der Waals surface area contributed by atoms with E-state index in [1.807, 2.05) is 73.7 Å². The van der Waals surface area contributed by atoms with E-state index < -0.39 is 15.9 Å². The first kappa shape index (κ1) is 28.4. The Labute approximate surface area is 235 Å². The number of carbonyl (C=O) groups is 1. The monoisotopic (exact) mass is 601 g/mol. The number of nitrogens with zero attached hydrogens (tertiary/aromatic N) is 1. The van der Waals surface area contributed by atoms with E-state index in [0.717, 1.165) is 11.1 Å². The van der Waals surface area contributed by atoms with Crippen LogP contribution in [-0.4, -0.2) is 25.1 Å². The van der Waals surface area contributed by atoms with Crippen molar-refractivity contribution >= 4 is 21.5 Å². The number of ketones is 1. The molecule has 192 valence electrons. The van der Waals surface area contributed by atoms with E-state index in [0.29, 0.717) is 11.1 Å². The van der Waals surface area contributed by atoms with Crippen molar-refractivity contribution in [2.24, 2.45) is 0 Å². The summed E-state index contributed by atoms with van der Waals surface area (Å²) in [7, 11) is -4.01. The molecule has 0 heterocycles. The van der Waals surface area contributed by atoms with Gasteiger partial charge in [0.25, 0.3) is 10.0 Å². The van der Waals surface area contributed by atoms with Crippen LogP contribution in [0.25, 0.3) is 5.70 Å². The molecule has 0 bridgehead atoms. The Hall–Kier alpha value is -3.22.